The molecule has 0 radical (unpaired) electrons. The molecule has 0 saturated heterocycles. The minimum Gasteiger partial charge on any atom is -0.441 e. The number of benzene rings is 2. The Morgan fingerprint density at radius 1 is 1.10 bits per heavy atom. The van der Waals surface area contributed by atoms with Gasteiger partial charge in [-0.2, -0.15) is 8.78 Å². The highest BCUT2D eigenvalue weighted by atomic mass is 19.3. The first-order valence-electron chi connectivity index (χ1n) is 9.97. The van der Waals surface area contributed by atoms with Crippen molar-refractivity contribution in [2.24, 2.45) is 0 Å². The van der Waals surface area contributed by atoms with Gasteiger partial charge in [-0.1, -0.05) is 37.3 Å². The van der Waals surface area contributed by atoms with Gasteiger partial charge in [0.2, 0.25) is 11.8 Å². The molecule has 0 unspecified atom stereocenters. The third kappa shape index (κ3) is 4.33. The lowest BCUT2D eigenvalue weighted by atomic mass is 10.1. The molecule has 0 aliphatic heterocycles. The van der Waals surface area contributed by atoms with Gasteiger partial charge in [0.15, 0.2) is 0 Å². The molecule has 1 amide bonds. The molecular formula is C23H22F2N4O2. The van der Waals surface area contributed by atoms with Gasteiger partial charge in [-0.3, -0.25) is 9.36 Å². The Kier molecular flexibility index (Phi) is 5.79. The number of carbonyl (C=O) groups is 1. The molecule has 8 heteroatoms. The maximum Gasteiger partial charge on any atom is 0.320 e. The van der Waals surface area contributed by atoms with E-state index in [1.165, 1.54) is 0 Å². The van der Waals surface area contributed by atoms with Gasteiger partial charge >= 0.3 is 6.55 Å². The highest BCUT2D eigenvalue weighted by Gasteiger charge is 2.22. The second-order valence-electron chi connectivity index (χ2n) is 7.38. The Morgan fingerprint density at radius 3 is 2.55 bits per heavy atom. The van der Waals surface area contributed by atoms with Gasteiger partial charge in [-0.05, 0) is 31.2 Å². The summed E-state index contributed by atoms with van der Waals surface area (Å²) >= 11 is 0. The molecule has 0 spiro atoms. The van der Waals surface area contributed by atoms with Crippen molar-refractivity contribution in [1.82, 2.24) is 19.9 Å². The van der Waals surface area contributed by atoms with Gasteiger partial charge in [-0.25, -0.2) is 9.97 Å². The van der Waals surface area contributed by atoms with E-state index in [9.17, 15) is 13.6 Å². The molecule has 1 atom stereocenters. The average Bonchev–Trinajstić information content (AvgIpc) is 3.33. The summed E-state index contributed by atoms with van der Waals surface area (Å²) in [4.78, 5) is 21.2. The molecular weight excluding hydrogens is 402 g/mol. The van der Waals surface area contributed by atoms with Crippen molar-refractivity contribution in [1.29, 1.82) is 0 Å². The van der Waals surface area contributed by atoms with Crippen LogP contribution in [-0.4, -0.2) is 27.0 Å². The quantitative estimate of drug-likeness (QED) is 0.460. The highest BCUT2D eigenvalue weighted by Crippen LogP contribution is 2.27. The van der Waals surface area contributed by atoms with Crippen molar-refractivity contribution >= 4 is 16.9 Å². The van der Waals surface area contributed by atoms with Crippen LogP contribution < -0.4 is 5.32 Å². The number of alkyl halides is 2. The number of hydrogen-bond donors (Lipinski definition) is 1. The normalized spacial score (nSPS) is 12.4. The van der Waals surface area contributed by atoms with E-state index in [4.69, 9.17) is 4.42 Å². The van der Waals surface area contributed by atoms with Gasteiger partial charge in [-0.15, -0.1) is 0 Å². The van der Waals surface area contributed by atoms with E-state index in [1.54, 1.807) is 38.1 Å². The van der Waals surface area contributed by atoms with Crippen LogP contribution in [0.4, 0.5) is 8.78 Å². The van der Waals surface area contributed by atoms with Crippen LogP contribution in [0.5, 0.6) is 0 Å². The van der Waals surface area contributed by atoms with Gasteiger partial charge < -0.3 is 9.73 Å². The van der Waals surface area contributed by atoms with Crippen LogP contribution in [0.3, 0.4) is 0 Å². The first-order valence-corrected chi connectivity index (χ1v) is 9.97. The molecule has 2 aromatic heterocycles. The molecule has 0 saturated carbocycles. The third-order valence-corrected chi connectivity index (χ3v) is 5.11. The van der Waals surface area contributed by atoms with Gasteiger partial charge in [0.05, 0.1) is 23.1 Å². The predicted molar refractivity (Wildman–Crippen MR) is 113 cm³/mol. The summed E-state index contributed by atoms with van der Waals surface area (Å²) in [6, 6.07) is 16.2. The van der Waals surface area contributed by atoms with Gasteiger partial charge in [0, 0.05) is 18.0 Å². The fourth-order valence-corrected chi connectivity index (χ4v) is 3.48. The lowest BCUT2D eigenvalue weighted by Crippen LogP contribution is -2.30. The summed E-state index contributed by atoms with van der Waals surface area (Å²) < 4.78 is 33.9. The van der Waals surface area contributed by atoms with E-state index < -0.39 is 12.5 Å². The van der Waals surface area contributed by atoms with E-state index in [2.05, 4.69) is 15.3 Å². The van der Waals surface area contributed by atoms with Crippen LogP contribution in [0.1, 0.15) is 36.7 Å². The molecule has 160 valence electrons. The Hall–Kier alpha value is -3.55. The maximum absolute atomic E-state index is 13.6. The first kappa shape index (κ1) is 20.7. The molecule has 4 aromatic rings. The zero-order chi connectivity index (χ0) is 22.0. The number of aromatic nitrogens is 3. The number of para-hydroxylation sites is 2. The van der Waals surface area contributed by atoms with Gasteiger partial charge in [0.25, 0.3) is 0 Å². The minimum absolute atomic E-state index is 0.0418. The number of hydrogen-bond acceptors (Lipinski definition) is 4. The molecule has 31 heavy (non-hydrogen) atoms. The van der Waals surface area contributed by atoms with Crippen LogP contribution >= 0.6 is 0 Å². The van der Waals surface area contributed by atoms with E-state index in [1.807, 2.05) is 30.3 Å². The zero-order valence-corrected chi connectivity index (χ0v) is 17.2. The summed E-state index contributed by atoms with van der Waals surface area (Å²) in [6.07, 6.45) is 0.0418. The summed E-state index contributed by atoms with van der Waals surface area (Å²) in [5.41, 5.74) is 2.25. The summed E-state index contributed by atoms with van der Waals surface area (Å²) in [5, 5.41) is 2.80. The molecule has 2 heterocycles. The SMILES string of the molecule is Cc1oc(-c2ccccc2)nc1CC(=O)NC[C@H](C)c1nc2ccccc2n1C(F)F. The Bertz CT molecular complexity index is 1200. The van der Waals surface area contributed by atoms with Crippen molar-refractivity contribution < 1.29 is 18.0 Å². The second-order valence-corrected chi connectivity index (χ2v) is 7.38. The smallest absolute Gasteiger partial charge is 0.320 e. The molecule has 0 fully saturated rings. The van der Waals surface area contributed by atoms with Crippen molar-refractivity contribution in [3.05, 3.63) is 71.9 Å². The largest absolute Gasteiger partial charge is 0.441 e. The third-order valence-electron chi connectivity index (χ3n) is 5.11. The Labute approximate surface area is 177 Å². The first-order chi connectivity index (χ1) is 14.9. The molecule has 0 bridgehead atoms. The predicted octanol–water partition coefficient (Wildman–Crippen LogP) is 4.86. The summed E-state index contributed by atoms with van der Waals surface area (Å²) in [5.74, 6) is 0.605. The van der Waals surface area contributed by atoms with E-state index in [0.29, 0.717) is 28.4 Å². The fraction of sp³-hybridized carbons (Fsp3) is 0.261. The molecule has 6 nitrogen and oxygen atoms in total. The van der Waals surface area contributed by atoms with Gasteiger partial charge in [0.1, 0.15) is 11.6 Å². The molecule has 0 aliphatic rings. The topological polar surface area (TPSA) is 73.0 Å². The van der Waals surface area contributed by atoms with Crippen LogP contribution in [0.25, 0.3) is 22.5 Å². The number of halogens is 2. The number of amides is 1. The van der Waals surface area contributed by atoms with Crippen LogP contribution in [0, 0.1) is 6.92 Å². The number of nitrogens with zero attached hydrogens (tertiary/aromatic N) is 3. The van der Waals surface area contributed by atoms with Crippen LogP contribution in [0.15, 0.2) is 59.0 Å². The van der Waals surface area contributed by atoms with Crippen molar-refractivity contribution in [3.63, 3.8) is 0 Å². The summed E-state index contributed by atoms with van der Waals surface area (Å²) in [6.45, 7) is 0.983. The number of fused-ring (bicyclic) bond motifs is 1. The Balaban J connectivity index is 1.43. The number of oxazole rings is 1. The van der Waals surface area contributed by atoms with E-state index in [-0.39, 0.29) is 24.7 Å². The molecule has 1 N–H and O–H groups in total. The summed E-state index contributed by atoms with van der Waals surface area (Å²) in [7, 11) is 0. The number of imidazole rings is 1. The van der Waals surface area contributed by atoms with E-state index >= 15 is 0 Å². The zero-order valence-electron chi connectivity index (χ0n) is 17.2. The average molecular weight is 424 g/mol. The van der Waals surface area contributed by atoms with Crippen LogP contribution in [-0.2, 0) is 11.2 Å². The van der Waals surface area contributed by atoms with Crippen molar-refractivity contribution in [2.75, 3.05) is 6.54 Å². The lowest BCUT2D eigenvalue weighted by Gasteiger charge is -2.14. The highest BCUT2D eigenvalue weighted by molar-refractivity contribution is 5.79. The van der Waals surface area contributed by atoms with Crippen molar-refractivity contribution in [2.45, 2.75) is 32.7 Å². The Morgan fingerprint density at radius 2 is 1.81 bits per heavy atom. The number of aryl methyl sites for hydroxylation is 1. The van der Waals surface area contributed by atoms with Crippen LogP contribution in [0.2, 0.25) is 0 Å². The molecule has 4 rings (SSSR count). The number of nitrogens with one attached hydrogen (secondary N) is 1. The monoisotopic (exact) mass is 424 g/mol. The number of carbonyl (C=O) groups excluding carboxylic acids is 1. The standard InChI is InChI=1S/C23H22F2N4O2/c1-14(21-27-17-10-6-7-11-19(17)29(21)23(24)25)13-26-20(30)12-18-15(2)31-22(28-18)16-8-4-3-5-9-16/h3-11,14,23H,12-13H2,1-2H3,(H,26,30)/t14-/m0/s1. The van der Waals surface area contributed by atoms with Crippen molar-refractivity contribution in [3.8, 4) is 11.5 Å². The number of rotatable bonds is 7. The molecule has 2 aromatic carbocycles. The fourth-order valence-electron chi connectivity index (χ4n) is 3.48. The lowest BCUT2D eigenvalue weighted by molar-refractivity contribution is -0.120. The molecule has 0 aliphatic carbocycles. The van der Waals surface area contributed by atoms with E-state index in [0.717, 1.165) is 10.1 Å². The maximum atomic E-state index is 13.6. The second kappa shape index (κ2) is 8.67. The minimum atomic E-state index is -2.71.